The van der Waals surface area contributed by atoms with E-state index in [0.717, 1.165) is 10.7 Å². The molecule has 1 unspecified atom stereocenters. The molecular formula is C10H12N2OS. The first kappa shape index (κ1) is 9.52. The lowest BCUT2D eigenvalue weighted by atomic mass is 10.1. The van der Waals surface area contributed by atoms with E-state index in [1.165, 1.54) is 0 Å². The molecule has 1 aromatic rings. The first-order chi connectivity index (χ1) is 6.68. The monoisotopic (exact) mass is 208 g/mol. The average molecular weight is 208 g/mol. The van der Waals surface area contributed by atoms with Gasteiger partial charge < -0.3 is 5.32 Å². The Morgan fingerprint density at radius 3 is 3.07 bits per heavy atom. The van der Waals surface area contributed by atoms with Crippen LogP contribution in [-0.4, -0.2) is 16.1 Å². The van der Waals surface area contributed by atoms with Crippen molar-refractivity contribution in [2.75, 3.05) is 5.32 Å². The van der Waals surface area contributed by atoms with Gasteiger partial charge in [0.25, 0.3) is 0 Å². The standard InChI is InChI=1S/C10H12N2OS/c1-6(2)8-9(13)12-7-4-3-5-11-10(7)14-8/h3-6,8H,1-2H3,(H,12,13). The Bertz CT molecular complexity index is 365. The minimum Gasteiger partial charge on any atom is -0.323 e. The minimum atomic E-state index is -0.0163. The van der Waals surface area contributed by atoms with Crippen molar-refractivity contribution in [3.8, 4) is 0 Å². The first-order valence-electron chi connectivity index (χ1n) is 4.61. The zero-order valence-electron chi connectivity index (χ0n) is 8.15. The molecule has 0 fully saturated rings. The third kappa shape index (κ3) is 1.62. The van der Waals surface area contributed by atoms with E-state index in [1.807, 2.05) is 26.0 Å². The maximum absolute atomic E-state index is 11.6. The number of rotatable bonds is 1. The number of amides is 1. The van der Waals surface area contributed by atoms with Gasteiger partial charge in [-0.25, -0.2) is 4.98 Å². The number of fused-ring (bicyclic) bond motifs is 1. The first-order valence-corrected chi connectivity index (χ1v) is 5.49. The molecular weight excluding hydrogens is 196 g/mol. The Morgan fingerprint density at radius 2 is 2.36 bits per heavy atom. The molecule has 3 nitrogen and oxygen atoms in total. The van der Waals surface area contributed by atoms with Crippen LogP contribution in [0.25, 0.3) is 0 Å². The molecule has 0 aromatic carbocycles. The Balaban J connectivity index is 2.31. The number of thioether (sulfide) groups is 1. The van der Waals surface area contributed by atoms with Crippen LogP contribution in [0, 0.1) is 5.92 Å². The number of aromatic nitrogens is 1. The van der Waals surface area contributed by atoms with Crippen molar-refractivity contribution in [1.29, 1.82) is 0 Å². The Labute approximate surface area is 87.3 Å². The van der Waals surface area contributed by atoms with Gasteiger partial charge in [-0.2, -0.15) is 0 Å². The molecule has 1 amide bonds. The van der Waals surface area contributed by atoms with Gasteiger partial charge in [-0.05, 0) is 18.1 Å². The molecule has 1 aliphatic heterocycles. The second-order valence-electron chi connectivity index (χ2n) is 3.63. The van der Waals surface area contributed by atoms with Crippen molar-refractivity contribution < 1.29 is 4.79 Å². The molecule has 0 aliphatic carbocycles. The number of hydrogen-bond acceptors (Lipinski definition) is 3. The third-order valence-corrected chi connectivity index (χ3v) is 3.69. The lowest BCUT2D eigenvalue weighted by molar-refractivity contribution is -0.116. The van der Waals surface area contributed by atoms with E-state index in [4.69, 9.17) is 0 Å². The molecule has 74 valence electrons. The molecule has 0 radical (unpaired) electrons. The van der Waals surface area contributed by atoms with Gasteiger partial charge in [-0.15, -0.1) is 0 Å². The highest BCUT2D eigenvalue weighted by Gasteiger charge is 2.29. The van der Waals surface area contributed by atoms with Crippen LogP contribution in [0.3, 0.4) is 0 Å². The summed E-state index contributed by atoms with van der Waals surface area (Å²) < 4.78 is 0. The summed E-state index contributed by atoms with van der Waals surface area (Å²) in [6, 6.07) is 3.71. The van der Waals surface area contributed by atoms with Gasteiger partial charge in [0.05, 0.1) is 10.9 Å². The van der Waals surface area contributed by atoms with E-state index in [0.29, 0.717) is 5.92 Å². The van der Waals surface area contributed by atoms with Crippen LogP contribution >= 0.6 is 11.8 Å². The molecule has 14 heavy (non-hydrogen) atoms. The summed E-state index contributed by atoms with van der Waals surface area (Å²) >= 11 is 1.55. The Kier molecular flexibility index (Phi) is 2.46. The predicted molar refractivity (Wildman–Crippen MR) is 57.3 cm³/mol. The van der Waals surface area contributed by atoms with E-state index in [1.54, 1.807) is 18.0 Å². The summed E-state index contributed by atoms with van der Waals surface area (Å²) in [4.78, 5) is 15.9. The summed E-state index contributed by atoms with van der Waals surface area (Å²) in [5.74, 6) is 0.417. The highest BCUT2D eigenvalue weighted by molar-refractivity contribution is 8.00. The largest absolute Gasteiger partial charge is 0.323 e. The van der Waals surface area contributed by atoms with Crippen molar-refractivity contribution in [2.24, 2.45) is 5.92 Å². The van der Waals surface area contributed by atoms with Crippen LogP contribution in [0.5, 0.6) is 0 Å². The van der Waals surface area contributed by atoms with Crippen molar-refractivity contribution in [3.05, 3.63) is 18.3 Å². The summed E-state index contributed by atoms with van der Waals surface area (Å²) in [5.41, 5.74) is 0.833. The van der Waals surface area contributed by atoms with Crippen LogP contribution < -0.4 is 5.32 Å². The molecule has 1 N–H and O–H groups in total. The van der Waals surface area contributed by atoms with E-state index in [2.05, 4.69) is 10.3 Å². The number of nitrogens with one attached hydrogen (secondary N) is 1. The van der Waals surface area contributed by atoms with Gasteiger partial charge in [0.2, 0.25) is 5.91 Å². The molecule has 1 atom stereocenters. The van der Waals surface area contributed by atoms with Crippen LogP contribution in [-0.2, 0) is 4.79 Å². The van der Waals surface area contributed by atoms with Gasteiger partial charge in [-0.1, -0.05) is 25.6 Å². The van der Waals surface area contributed by atoms with Crippen LogP contribution in [0.1, 0.15) is 13.8 Å². The molecule has 1 aromatic heterocycles. The van der Waals surface area contributed by atoms with Crippen molar-refractivity contribution in [3.63, 3.8) is 0 Å². The third-order valence-electron chi connectivity index (χ3n) is 2.13. The molecule has 0 spiro atoms. The van der Waals surface area contributed by atoms with Gasteiger partial charge >= 0.3 is 0 Å². The topological polar surface area (TPSA) is 42.0 Å². The Hall–Kier alpha value is -1.03. The normalized spacial score (nSPS) is 20.5. The lowest BCUT2D eigenvalue weighted by Crippen LogP contribution is -2.33. The lowest BCUT2D eigenvalue weighted by Gasteiger charge is -2.25. The number of pyridine rings is 1. The van der Waals surface area contributed by atoms with E-state index in [9.17, 15) is 4.79 Å². The summed E-state index contributed by atoms with van der Waals surface area (Å²) in [6.45, 7) is 4.09. The molecule has 0 bridgehead atoms. The number of nitrogens with zero attached hydrogens (tertiary/aromatic N) is 1. The highest BCUT2D eigenvalue weighted by Crippen LogP contribution is 2.36. The van der Waals surface area contributed by atoms with Gasteiger partial charge in [-0.3, -0.25) is 4.79 Å². The predicted octanol–water partition coefficient (Wildman–Crippen LogP) is 2.15. The van der Waals surface area contributed by atoms with E-state index in [-0.39, 0.29) is 11.2 Å². The van der Waals surface area contributed by atoms with Gasteiger partial charge in [0.15, 0.2) is 0 Å². The second kappa shape index (κ2) is 3.61. The van der Waals surface area contributed by atoms with Crippen LogP contribution in [0.15, 0.2) is 23.4 Å². The Morgan fingerprint density at radius 1 is 1.57 bits per heavy atom. The number of carbonyl (C=O) groups is 1. The summed E-state index contributed by atoms with van der Waals surface area (Å²) in [7, 11) is 0. The second-order valence-corrected chi connectivity index (χ2v) is 4.76. The smallest absolute Gasteiger partial charge is 0.238 e. The van der Waals surface area contributed by atoms with Crippen LogP contribution in [0.2, 0.25) is 0 Å². The zero-order valence-corrected chi connectivity index (χ0v) is 8.97. The fourth-order valence-electron chi connectivity index (χ4n) is 1.40. The van der Waals surface area contributed by atoms with Crippen molar-refractivity contribution in [1.82, 2.24) is 4.98 Å². The maximum atomic E-state index is 11.6. The average Bonchev–Trinajstić information content (AvgIpc) is 2.16. The molecule has 1 aliphatic rings. The summed E-state index contributed by atoms with van der Waals surface area (Å²) in [6.07, 6.45) is 1.75. The quantitative estimate of drug-likeness (QED) is 0.769. The maximum Gasteiger partial charge on any atom is 0.238 e. The van der Waals surface area contributed by atoms with E-state index < -0.39 is 0 Å². The van der Waals surface area contributed by atoms with Crippen molar-refractivity contribution in [2.45, 2.75) is 24.1 Å². The molecule has 4 heteroatoms. The molecule has 0 saturated heterocycles. The van der Waals surface area contributed by atoms with Gasteiger partial charge in [0, 0.05) is 6.20 Å². The fourth-order valence-corrected chi connectivity index (χ4v) is 2.44. The molecule has 2 heterocycles. The minimum absolute atomic E-state index is 0.0163. The summed E-state index contributed by atoms with van der Waals surface area (Å²) in [5, 5.41) is 3.77. The highest BCUT2D eigenvalue weighted by atomic mass is 32.2. The molecule has 2 rings (SSSR count). The van der Waals surface area contributed by atoms with Crippen LogP contribution in [0.4, 0.5) is 5.69 Å². The number of carbonyl (C=O) groups excluding carboxylic acids is 1. The number of anilines is 1. The fraction of sp³-hybridized carbons (Fsp3) is 0.400. The van der Waals surface area contributed by atoms with Gasteiger partial charge in [0.1, 0.15) is 5.03 Å². The zero-order chi connectivity index (χ0) is 10.1. The SMILES string of the molecule is CC(C)C1Sc2ncccc2NC1=O. The van der Waals surface area contributed by atoms with E-state index >= 15 is 0 Å². The van der Waals surface area contributed by atoms with Crippen molar-refractivity contribution >= 4 is 23.4 Å². The number of hydrogen-bond donors (Lipinski definition) is 1. The molecule has 0 saturated carbocycles.